The number of aryl methyl sites for hydroxylation is 1. The van der Waals surface area contributed by atoms with Gasteiger partial charge in [-0.15, -0.1) is 0 Å². The quantitative estimate of drug-likeness (QED) is 0.587. The number of amides is 1. The molecule has 1 aliphatic carbocycles. The standard InChI is InChI=1S/C18H23NO5/c1-21-17(22-2)16(20)19(18(17,23-3)24-4)12-14-10-7-9-13-8-5-6-11-15(13)14/h5-6,8,10-11H,7,9,12H2,1-4H3. The molecular formula is C18H23NO5. The van der Waals surface area contributed by atoms with E-state index in [0.717, 1.165) is 24.0 Å². The minimum atomic E-state index is -1.59. The number of methoxy groups -OCH3 is 4. The molecule has 2 aliphatic rings. The number of carbonyl (C=O) groups is 1. The lowest BCUT2D eigenvalue weighted by Crippen LogP contribution is -2.85. The lowest BCUT2D eigenvalue weighted by atomic mass is 9.88. The van der Waals surface area contributed by atoms with Crippen molar-refractivity contribution in [2.75, 3.05) is 35.0 Å². The largest absolute Gasteiger partial charge is 0.340 e. The van der Waals surface area contributed by atoms with E-state index in [4.69, 9.17) is 18.9 Å². The highest BCUT2D eigenvalue weighted by atomic mass is 16.8. The lowest BCUT2D eigenvalue weighted by Gasteiger charge is -2.59. The van der Waals surface area contributed by atoms with Crippen LogP contribution in [0.15, 0.2) is 30.3 Å². The first-order valence-electron chi connectivity index (χ1n) is 7.90. The van der Waals surface area contributed by atoms with Crippen LogP contribution in [0.2, 0.25) is 0 Å². The van der Waals surface area contributed by atoms with E-state index in [1.165, 1.54) is 38.9 Å². The molecule has 0 saturated carbocycles. The molecule has 130 valence electrons. The second-order valence-corrected chi connectivity index (χ2v) is 5.83. The van der Waals surface area contributed by atoms with E-state index in [2.05, 4.69) is 18.2 Å². The lowest BCUT2D eigenvalue weighted by molar-refractivity contribution is -0.455. The van der Waals surface area contributed by atoms with Crippen molar-refractivity contribution in [3.63, 3.8) is 0 Å². The van der Waals surface area contributed by atoms with E-state index in [0.29, 0.717) is 6.54 Å². The Morgan fingerprint density at radius 2 is 1.71 bits per heavy atom. The SMILES string of the molecule is COC1(OC)C(=O)N(CC2=CCCc3ccccc32)C1(OC)OC. The number of rotatable bonds is 6. The van der Waals surface area contributed by atoms with Crippen LogP contribution in [0.3, 0.4) is 0 Å². The summed E-state index contributed by atoms with van der Waals surface area (Å²) in [4.78, 5) is 14.3. The van der Waals surface area contributed by atoms with Crippen molar-refractivity contribution in [2.24, 2.45) is 0 Å². The molecule has 6 heteroatoms. The molecule has 24 heavy (non-hydrogen) atoms. The van der Waals surface area contributed by atoms with Gasteiger partial charge in [-0.05, 0) is 29.5 Å². The molecule has 6 nitrogen and oxygen atoms in total. The third kappa shape index (κ3) is 2.07. The summed E-state index contributed by atoms with van der Waals surface area (Å²) >= 11 is 0. The minimum absolute atomic E-state index is 0.319. The van der Waals surface area contributed by atoms with Crippen LogP contribution >= 0.6 is 0 Å². The number of allylic oxidation sites excluding steroid dienone is 1. The van der Waals surface area contributed by atoms with Gasteiger partial charge in [-0.2, -0.15) is 0 Å². The van der Waals surface area contributed by atoms with E-state index < -0.39 is 11.7 Å². The van der Waals surface area contributed by atoms with Gasteiger partial charge in [0.15, 0.2) is 0 Å². The van der Waals surface area contributed by atoms with Crippen LogP contribution in [0.4, 0.5) is 0 Å². The molecule has 1 amide bonds. The first kappa shape index (κ1) is 17.1. The second kappa shape index (κ2) is 6.29. The third-order valence-electron chi connectivity index (χ3n) is 4.92. The van der Waals surface area contributed by atoms with Gasteiger partial charge in [-0.3, -0.25) is 9.69 Å². The average Bonchev–Trinajstić information content (AvgIpc) is 2.64. The Labute approximate surface area is 141 Å². The summed E-state index contributed by atoms with van der Waals surface area (Å²) < 4.78 is 21.8. The van der Waals surface area contributed by atoms with Crippen molar-refractivity contribution >= 4 is 11.5 Å². The number of β-lactam (4-membered cyclic amide) rings is 1. The summed E-state index contributed by atoms with van der Waals surface area (Å²) in [6, 6.07) is 8.23. The van der Waals surface area contributed by atoms with Crippen molar-refractivity contribution < 1.29 is 23.7 Å². The van der Waals surface area contributed by atoms with Crippen LogP contribution in [0, 0.1) is 0 Å². The first-order valence-corrected chi connectivity index (χ1v) is 7.90. The smallest absolute Gasteiger partial charge is 0.327 e. The molecule has 0 spiro atoms. The van der Waals surface area contributed by atoms with E-state index in [-0.39, 0.29) is 5.91 Å². The molecule has 1 heterocycles. The van der Waals surface area contributed by atoms with Crippen molar-refractivity contribution in [1.82, 2.24) is 4.90 Å². The molecular weight excluding hydrogens is 310 g/mol. The number of likely N-dealkylation sites (tertiary alicyclic amines) is 1. The van der Waals surface area contributed by atoms with Crippen LogP contribution in [0.1, 0.15) is 17.5 Å². The Bertz CT molecular complexity index is 661. The molecule has 1 aromatic rings. The molecule has 1 aliphatic heterocycles. The van der Waals surface area contributed by atoms with Gasteiger partial charge < -0.3 is 18.9 Å². The Morgan fingerprint density at radius 1 is 1.04 bits per heavy atom. The van der Waals surface area contributed by atoms with Gasteiger partial charge in [-0.25, -0.2) is 0 Å². The van der Waals surface area contributed by atoms with E-state index in [1.54, 1.807) is 0 Å². The highest BCUT2D eigenvalue weighted by molar-refractivity contribution is 5.93. The van der Waals surface area contributed by atoms with Gasteiger partial charge in [0.25, 0.3) is 5.91 Å². The van der Waals surface area contributed by atoms with E-state index in [9.17, 15) is 4.79 Å². The Balaban J connectivity index is 1.93. The second-order valence-electron chi connectivity index (χ2n) is 5.83. The third-order valence-corrected chi connectivity index (χ3v) is 4.92. The number of fused-ring (bicyclic) bond motifs is 1. The zero-order valence-corrected chi connectivity index (χ0v) is 14.5. The van der Waals surface area contributed by atoms with Crippen molar-refractivity contribution in [3.8, 4) is 0 Å². The predicted octanol–water partition coefficient (Wildman–Crippen LogP) is 1.79. The molecule has 0 N–H and O–H groups in total. The number of carbonyl (C=O) groups excluding carboxylic acids is 1. The van der Waals surface area contributed by atoms with Gasteiger partial charge >= 0.3 is 11.7 Å². The fourth-order valence-electron chi connectivity index (χ4n) is 3.72. The summed E-state index contributed by atoms with van der Waals surface area (Å²) in [5.41, 5.74) is 3.52. The maximum atomic E-state index is 12.8. The zero-order valence-electron chi connectivity index (χ0n) is 14.5. The summed E-state index contributed by atoms with van der Waals surface area (Å²) in [6.07, 6.45) is 4.11. The topological polar surface area (TPSA) is 57.2 Å². The number of hydrogen-bond donors (Lipinski definition) is 0. The normalized spacial score (nSPS) is 21.1. The van der Waals surface area contributed by atoms with Crippen LogP contribution in [0.5, 0.6) is 0 Å². The van der Waals surface area contributed by atoms with Crippen molar-refractivity contribution in [3.05, 3.63) is 41.5 Å². The maximum Gasteiger partial charge on any atom is 0.327 e. The van der Waals surface area contributed by atoms with Crippen LogP contribution < -0.4 is 0 Å². The number of hydrogen-bond acceptors (Lipinski definition) is 5. The summed E-state index contributed by atoms with van der Waals surface area (Å²) in [6.45, 7) is 0.367. The zero-order chi connectivity index (χ0) is 17.4. The fraction of sp³-hybridized carbons (Fsp3) is 0.500. The van der Waals surface area contributed by atoms with Gasteiger partial charge in [0.05, 0.1) is 6.54 Å². The number of ether oxygens (including phenoxy) is 4. The van der Waals surface area contributed by atoms with Crippen LogP contribution in [-0.4, -0.2) is 57.5 Å². The fourth-order valence-corrected chi connectivity index (χ4v) is 3.72. The van der Waals surface area contributed by atoms with Crippen LogP contribution in [-0.2, 0) is 30.2 Å². The molecule has 1 saturated heterocycles. The molecule has 0 aromatic heterocycles. The summed E-state index contributed by atoms with van der Waals surface area (Å²) in [7, 11) is 5.75. The highest BCUT2D eigenvalue weighted by Crippen LogP contribution is 2.47. The van der Waals surface area contributed by atoms with Crippen molar-refractivity contribution in [2.45, 2.75) is 24.5 Å². The van der Waals surface area contributed by atoms with Gasteiger partial charge in [0.1, 0.15) is 0 Å². The molecule has 1 fully saturated rings. The average molecular weight is 333 g/mol. The van der Waals surface area contributed by atoms with Gasteiger partial charge in [-0.1, -0.05) is 30.3 Å². The van der Waals surface area contributed by atoms with Crippen molar-refractivity contribution in [1.29, 1.82) is 0 Å². The Morgan fingerprint density at radius 3 is 2.33 bits per heavy atom. The molecule has 1 aromatic carbocycles. The maximum absolute atomic E-state index is 12.8. The summed E-state index contributed by atoms with van der Waals surface area (Å²) in [5.74, 6) is -3.33. The molecule has 0 bridgehead atoms. The van der Waals surface area contributed by atoms with Crippen LogP contribution in [0.25, 0.3) is 5.57 Å². The molecule has 0 atom stereocenters. The monoisotopic (exact) mass is 333 g/mol. The summed E-state index contributed by atoms with van der Waals surface area (Å²) in [5, 5.41) is 0. The molecule has 0 radical (unpaired) electrons. The Hall–Kier alpha value is -1.73. The minimum Gasteiger partial charge on any atom is -0.340 e. The molecule has 3 rings (SSSR count). The molecule has 0 unspecified atom stereocenters. The van der Waals surface area contributed by atoms with Gasteiger partial charge in [0.2, 0.25) is 0 Å². The van der Waals surface area contributed by atoms with E-state index in [1.807, 2.05) is 12.1 Å². The predicted molar refractivity (Wildman–Crippen MR) is 88.0 cm³/mol. The number of benzene rings is 1. The Kier molecular flexibility index (Phi) is 4.48. The first-order chi connectivity index (χ1) is 11.6. The highest BCUT2D eigenvalue weighted by Gasteiger charge is 2.76. The van der Waals surface area contributed by atoms with Gasteiger partial charge in [0, 0.05) is 28.4 Å². The van der Waals surface area contributed by atoms with E-state index >= 15 is 0 Å². The number of nitrogens with zero attached hydrogens (tertiary/aromatic N) is 1.